The summed E-state index contributed by atoms with van der Waals surface area (Å²) in [5.74, 6) is 1.05. The highest BCUT2D eigenvalue weighted by Crippen LogP contribution is 2.39. The van der Waals surface area contributed by atoms with Crippen LogP contribution in [0.25, 0.3) is 0 Å². The molecule has 0 radical (unpaired) electrons. The number of ether oxygens (including phenoxy) is 3. The number of hydrogen-bond acceptors (Lipinski definition) is 4. The number of rotatable bonds is 8. The third-order valence-corrected chi connectivity index (χ3v) is 3.73. The fourth-order valence-electron chi connectivity index (χ4n) is 2.48. The molecule has 6 heteroatoms. The third-order valence-electron chi connectivity index (χ3n) is 3.73. The molecule has 0 atom stereocenters. The summed E-state index contributed by atoms with van der Waals surface area (Å²) >= 11 is 0. The van der Waals surface area contributed by atoms with Gasteiger partial charge in [0.2, 0.25) is 11.7 Å². The molecule has 0 bridgehead atoms. The molecule has 25 heavy (non-hydrogen) atoms. The van der Waals surface area contributed by atoms with Crippen molar-refractivity contribution >= 4 is 11.6 Å². The Morgan fingerprint density at radius 3 is 2.12 bits per heavy atom. The molecule has 0 saturated carbocycles. The van der Waals surface area contributed by atoms with Crippen LogP contribution in [-0.2, 0) is 11.2 Å². The van der Waals surface area contributed by atoms with E-state index in [9.17, 15) is 9.18 Å². The summed E-state index contributed by atoms with van der Waals surface area (Å²) in [5, 5.41) is 2.82. The molecule has 0 saturated heterocycles. The van der Waals surface area contributed by atoms with Gasteiger partial charge in [0.25, 0.3) is 0 Å². The third kappa shape index (κ3) is 5.11. The van der Waals surface area contributed by atoms with E-state index in [0.29, 0.717) is 42.2 Å². The lowest BCUT2D eigenvalue weighted by Crippen LogP contribution is -2.12. The van der Waals surface area contributed by atoms with Gasteiger partial charge >= 0.3 is 0 Å². The number of methoxy groups -OCH3 is 3. The molecule has 0 aliphatic heterocycles. The smallest absolute Gasteiger partial charge is 0.224 e. The average molecular weight is 347 g/mol. The molecule has 0 unspecified atom stereocenters. The van der Waals surface area contributed by atoms with Crippen molar-refractivity contribution in [3.8, 4) is 17.2 Å². The van der Waals surface area contributed by atoms with Gasteiger partial charge in [0.15, 0.2) is 11.5 Å². The SMILES string of the molecule is COc1cc(NC(=O)CCCc2ccc(F)cc2)cc(OC)c1OC. The van der Waals surface area contributed by atoms with Crippen molar-refractivity contribution < 1.29 is 23.4 Å². The molecule has 2 aromatic carbocycles. The topological polar surface area (TPSA) is 56.8 Å². The molecule has 5 nitrogen and oxygen atoms in total. The Balaban J connectivity index is 1.94. The molecule has 134 valence electrons. The number of aryl methyl sites for hydroxylation is 1. The first kappa shape index (κ1) is 18.6. The van der Waals surface area contributed by atoms with E-state index in [2.05, 4.69) is 5.32 Å². The van der Waals surface area contributed by atoms with Crippen LogP contribution in [0.5, 0.6) is 17.2 Å². The summed E-state index contributed by atoms with van der Waals surface area (Å²) in [7, 11) is 4.56. The van der Waals surface area contributed by atoms with Crippen LogP contribution < -0.4 is 19.5 Å². The molecule has 2 rings (SSSR count). The second-order valence-electron chi connectivity index (χ2n) is 5.44. The highest BCUT2D eigenvalue weighted by molar-refractivity contribution is 5.91. The number of amides is 1. The minimum Gasteiger partial charge on any atom is -0.493 e. The maximum Gasteiger partial charge on any atom is 0.224 e. The van der Waals surface area contributed by atoms with Gasteiger partial charge in [-0.15, -0.1) is 0 Å². The first-order chi connectivity index (χ1) is 12.1. The summed E-state index contributed by atoms with van der Waals surface area (Å²) < 4.78 is 28.6. The van der Waals surface area contributed by atoms with Gasteiger partial charge in [-0.2, -0.15) is 0 Å². The van der Waals surface area contributed by atoms with Crippen LogP contribution >= 0.6 is 0 Å². The monoisotopic (exact) mass is 347 g/mol. The number of hydrogen-bond donors (Lipinski definition) is 1. The summed E-state index contributed by atoms with van der Waals surface area (Å²) in [6.45, 7) is 0. The fourth-order valence-corrected chi connectivity index (χ4v) is 2.48. The van der Waals surface area contributed by atoms with E-state index < -0.39 is 0 Å². The van der Waals surface area contributed by atoms with Gasteiger partial charge in [0, 0.05) is 24.2 Å². The molecule has 1 N–H and O–H groups in total. The number of anilines is 1. The van der Waals surface area contributed by atoms with Crippen LogP contribution in [0.3, 0.4) is 0 Å². The highest BCUT2D eigenvalue weighted by Gasteiger charge is 2.14. The van der Waals surface area contributed by atoms with Crippen molar-refractivity contribution in [2.45, 2.75) is 19.3 Å². The minimum atomic E-state index is -0.260. The summed E-state index contributed by atoms with van der Waals surface area (Å²) in [4.78, 5) is 12.1. The Morgan fingerprint density at radius 2 is 1.60 bits per heavy atom. The average Bonchev–Trinajstić information content (AvgIpc) is 2.62. The lowest BCUT2D eigenvalue weighted by atomic mass is 10.1. The predicted octanol–water partition coefficient (Wildman–Crippen LogP) is 3.81. The van der Waals surface area contributed by atoms with Crippen molar-refractivity contribution in [3.63, 3.8) is 0 Å². The van der Waals surface area contributed by atoms with E-state index in [1.807, 2.05) is 0 Å². The molecule has 0 aliphatic rings. The van der Waals surface area contributed by atoms with Crippen LogP contribution in [-0.4, -0.2) is 27.2 Å². The Hall–Kier alpha value is -2.76. The zero-order valence-electron chi connectivity index (χ0n) is 14.6. The van der Waals surface area contributed by atoms with Crippen LogP contribution in [0.4, 0.5) is 10.1 Å². The van der Waals surface area contributed by atoms with Gasteiger partial charge in [-0.25, -0.2) is 4.39 Å². The van der Waals surface area contributed by atoms with Gasteiger partial charge in [0.05, 0.1) is 21.3 Å². The minimum absolute atomic E-state index is 0.114. The number of carbonyl (C=O) groups excluding carboxylic acids is 1. The van der Waals surface area contributed by atoms with E-state index in [0.717, 1.165) is 5.56 Å². The quantitative estimate of drug-likeness (QED) is 0.789. The maximum absolute atomic E-state index is 12.9. The lowest BCUT2D eigenvalue weighted by Gasteiger charge is -2.14. The summed E-state index contributed by atoms with van der Waals surface area (Å²) in [5.41, 5.74) is 1.57. The summed E-state index contributed by atoms with van der Waals surface area (Å²) in [6.07, 6.45) is 1.74. The normalized spacial score (nSPS) is 10.2. The largest absolute Gasteiger partial charge is 0.493 e. The molecule has 0 spiro atoms. The molecular formula is C19H22FNO4. The number of halogens is 1. The van der Waals surface area contributed by atoms with Crippen LogP contribution in [0.15, 0.2) is 36.4 Å². The predicted molar refractivity (Wildman–Crippen MR) is 94.1 cm³/mol. The lowest BCUT2D eigenvalue weighted by molar-refractivity contribution is -0.116. The standard InChI is InChI=1S/C19H22FNO4/c1-23-16-11-15(12-17(24-2)19(16)25-3)21-18(22)6-4-5-13-7-9-14(20)10-8-13/h7-12H,4-6H2,1-3H3,(H,21,22). The van der Waals surface area contributed by atoms with Crippen molar-refractivity contribution in [3.05, 3.63) is 47.8 Å². The fraction of sp³-hybridized carbons (Fsp3) is 0.316. The number of benzene rings is 2. The molecular weight excluding hydrogens is 325 g/mol. The van der Waals surface area contributed by atoms with Crippen LogP contribution in [0.1, 0.15) is 18.4 Å². The van der Waals surface area contributed by atoms with E-state index >= 15 is 0 Å². The van der Waals surface area contributed by atoms with Crippen molar-refractivity contribution in [2.75, 3.05) is 26.6 Å². The van der Waals surface area contributed by atoms with Crippen LogP contribution in [0, 0.1) is 5.82 Å². The first-order valence-electron chi connectivity index (χ1n) is 7.91. The van der Waals surface area contributed by atoms with E-state index in [-0.39, 0.29) is 11.7 Å². The van der Waals surface area contributed by atoms with Crippen LogP contribution in [0.2, 0.25) is 0 Å². The first-order valence-corrected chi connectivity index (χ1v) is 7.91. The Labute approximate surface area is 146 Å². The van der Waals surface area contributed by atoms with Gasteiger partial charge in [-0.05, 0) is 30.5 Å². The van der Waals surface area contributed by atoms with Gasteiger partial charge in [-0.3, -0.25) is 4.79 Å². The van der Waals surface area contributed by atoms with Gasteiger partial charge < -0.3 is 19.5 Å². The van der Waals surface area contributed by atoms with E-state index in [1.165, 1.54) is 33.5 Å². The Morgan fingerprint density at radius 1 is 1.00 bits per heavy atom. The zero-order valence-corrected chi connectivity index (χ0v) is 14.6. The maximum atomic E-state index is 12.9. The molecule has 0 aromatic heterocycles. The van der Waals surface area contributed by atoms with Gasteiger partial charge in [0.1, 0.15) is 5.82 Å². The molecule has 1 amide bonds. The second kappa shape index (κ2) is 8.92. The Kier molecular flexibility index (Phi) is 6.62. The van der Waals surface area contributed by atoms with E-state index in [1.54, 1.807) is 24.3 Å². The van der Waals surface area contributed by atoms with Gasteiger partial charge in [-0.1, -0.05) is 12.1 Å². The molecule has 0 aliphatic carbocycles. The zero-order chi connectivity index (χ0) is 18.2. The van der Waals surface area contributed by atoms with Crippen molar-refractivity contribution in [1.29, 1.82) is 0 Å². The number of nitrogens with one attached hydrogen (secondary N) is 1. The molecule has 2 aromatic rings. The second-order valence-corrected chi connectivity index (χ2v) is 5.44. The summed E-state index contributed by atoms with van der Waals surface area (Å²) in [6, 6.07) is 9.66. The molecule has 0 fully saturated rings. The Bertz CT molecular complexity index is 691. The molecule has 0 heterocycles. The van der Waals surface area contributed by atoms with Crippen molar-refractivity contribution in [1.82, 2.24) is 0 Å². The van der Waals surface area contributed by atoms with Crippen molar-refractivity contribution in [2.24, 2.45) is 0 Å². The number of carbonyl (C=O) groups is 1. The van der Waals surface area contributed by atoms with E-state index in [4.69, 9.17) is 14.2 Å². The highest BCUT2D eigenvalue weighted by atomic mass is 19.1.